The highest BCUT2D eigenvalue weighted by Crippen LogP contribution is 2.37. The first kappa shape index (κ1) is 18.6. The zero-order valence-corrected chi connectivity index (χ0v) is 16.1. The average molecular weight is 382 g/mol. The van der Waals surface area contributed by atoms with E-state index >= 15 is 0 Å². The first-order valence-electron chi connectivity index (χ1n) is 9.89. The van der Waals surface area contributed by atoms with Crippen LogP contribution in [-0.2, 0) is 4.79 Å². The second-order valence-corrected chi connectivity index (χ2v) is 7.04. The zero-order chi connectivity index (χ0) is 19.3. The second kappa shape index (κ2) is 8.52. The lowest BCUT2D eigenvalue weighted by Crippen LogP contribution is -2.33. The summed E-state index contributed by atoms with van der Waals surface area (Å²) in [5.74, 6) is 2.40. The van der Waals surface area contributed by atoms with Gasteiger partial charge in [0.2, 0.25) is 5.91 Å². The molecule has 1 fully saturated rings. The molecule has 28 heavy (non-hydrogen) atoms. The summed E-state index contributed by atoms with van der Waals surface area (Å²) < 4.78 is 16.8. The fraction of sp³-hybridized carbons (Fsp3) is 0.409. The molecule has 0 spiro atoms. The summed E-state index contributed by atoms with van der Waals surface area (Å²) in [4.78, 5) is 14.8. The van der Waals surface area contributed by atoms with Crippen molar-refractivity contribution in [1.29, 1.82) is 0 Å². The molecule has 0 bridgehead atoms. The summed E-state index contributed by atoms with van der Waals surface area (Å²) in [7, 11) is 0. The predicted octanol–water partition coefficient (Wildman–Crippen LogP) is 3.63. The molecule has 148 valence electrons. The molecule has 0 unspecified atom stereocenters. The third-order valence-electron chi connectivity index (χ3n) is 5.11. The van der Waals surface area contributed by atoms with Gasteiger partial charge in [-0.1, -0.05) is 6.07 Å². The highest BCUT2D eigenvalue weighted by atomic mass is 16.6. The van der Waals surface area contributed by atoms with Gasteiger partial charge in [-0.25, -0.2) is 0 Å². The van der Waals surface area contributed by atoms with Crippen LogP contribution in [-0.4, -0.2) is 43.7 Å². The van der Waals surface area contributed by atoms with Crippen LogP contribution < -0.4 is 19.5 Å². The first-order valence-corrected chi connectivity index (χ1v) is 9.89. The highest BCUT2D eigenvalue weighted by Gasteiger charge is 2.28. The molecule has 2 aliphatic heterocycles. The Morgan fingerprint density at radius 1 is 1.14 bits per heavy atom. The Balaban J connectivity index is 1.39. The number of nitrogens with one attached hydrogen (secondary N) is 1. The molecule has 6 heteroatoms. The van der Waals surface area contributed by atoms with Gasteiger partial charge < -0.3 is 19.5 Å². The Kier molecular flexibility index (Phi) is 5.67. The molecule has 1 atom stereocenters. The molecular formula is C22H26N2O4. The maximum atomic E-state index is 12.6. The number of carbonyl (C=O) groups is 1. The van der Waals surface area contributed by atoms with Crippen molar-refractivity contribution in [2.45, 2.75) is 25.8 Å². The third kappa shape index (κ3) is 4.22. The topological polar surface area (TPSA) is 60.0 Å². The number of rotatable bonds is 6. The first-order chi connectivity index (χ1) is 13.7. The van der Waals surface area contributed by atoms with Crippen molar-refractivity contribution in [1.82, 2.24) is 4.90 Å². The fourth-order valence-electron chi connectivity index (χ4n) is 3.85. The maximum Gasteiger partial charge on any atom is 0.238 e. The van der Waals surface area contributed by atoms with Crippen LogP contribution in [0.3, 0.4) is 0 Å². The maximum absolute atomic E-state index is 12.6. The lowest BCUT2D eigenvalue weighted by molar-refractivity contribution is -0.117. The fourth-order valence-corrected chi connectivity index (χ4v) is 3.85. The number of ether oxygens (including phenoxy) is 3. The normalized spacial score (nSPS) is 18.7. The van der Waals surface area contributed by atoms with E-state index in [0.29, 0.717) is 26.4 Å². The summed E-state index contributed by atoms with van der Waals surface area (Å²) in [5.41, 5.74) is 1.96. The molecule has 0 radical (unpaired) electrons. The largest absolute Gasteiger partial charge is 0.494 e. The van der Waals surface area contributed by atoms with Crippen molar-refractivity contribution in [3.05, 3.63) is 48.0 Å². The van der Waals surface area contributed by atoms with Crippen molar-refractivity contribution in [2.24, 2.45) is 0 Å². The molecule has 0 saturated carbocycles. The van der Waals surface area contributed by atoms with Crippen LogP contribution in [0, 0.1) is 0 Å². The highest BCUT2D eigenvalue weighted by molar-refractivity contribution is 5.92. The monoisotopic (exact) mass is 382 g/mol. The van der Waals surface area contributed by atoms with Gasteiger partial charge >= 0.3 is 0 Å². The van der Waals surface area contributed by atoms with E-state index < -0.39 is 0 Å². The Hall–Kier alpha value is -2.73. The van der Waals surface area contributed by atoms with Gasteiger partial charge in [-0.15, -0.1) is 0 Å². The van der Waals surface area contributed by atoms with Gasteiger partial charge in [0, 0.05) is 11.7 Å². The van der Waals surface area contributed by atoms with Crippen LogP contribution in [0.1, 0.15) is 31.4 Å². The lowest BCUT2D eigenvalue weighted by atomic mass is 10.0. The molecule has 1 amide bonds. The summed E-state index contributed by atoms with van der Waals surface area (Å²) in [5, 5.41) is 2.98. The van der Waals surface area contributed by atoms with E-state index in [1.165, 1.54) is 5.56 Å². The number of carbonyl (C=O) groups excluding carboxylic acids is 1. The molecule has 0 aliphatic carbocycles. The Bertz CT molecular complexity index is 822. The van der Waals surface area contributed by atoms with E-state index in [2.05, 4.69) is 22.3 Å². The van der Waals surface area contributed by atoms with Crippen LogP contribution in [0.4, 0.5) is 5.69 Å². The Morgan fingerprint density at radius 3 is 2.71 bits per heavy atom. The summed E-state index contributed by atoms with van der Waals surface area (Å²) >= 11 is 0. The minimum absolute atomic E-state index is 0.00592. The molecular weight excluding hydrogens is 356 g/mol. The number of anilines is 1. The predicted molar refractivity (Wildman–Crippen MR) is 107 cm³/mol. The van der Waals surface area contributed by atoms with Gasteiger partial charge in [0.05, 0.1) is 13.2 Å². The minimum atomic E-state index is -0.00592. The summed E-state index contributed by atoms with van der Waals surface area (Å²) in [6.45, 7) is 5.02. The Morgan fingerprint density at radius 2 is 1.93 bits per heavy atom. The van der Waals surface area contributed by atoms with Crippen molar-refractivity contribution in [3.63, 3.8) is 0 Å². The van der Waals surface area contributed by atoms with Crippen LogP contribution in [0.2, 0.25) is 0 Å². The zero-order valence-electron chi connectivity index (χ0n) is 16.1. The number of hydrogen-bond donors (Lipinski definition) is 1. The van der Waals surface area contributed by atoms with Crippen molar-refractivity contribution in [3.8, 4) is 17.2 Å². The van der Waals surface area contributed by atoms with Gasteiger partial charge in [-0.3, -0.25) is 9.69 Å². The molecule has 0 aromatic heterocycles. The summed E-state index contributed by atoms with van der Waals surface area (Å²) in [6, 6.07) is 13.8. The Labute approximate surface area is 165 Å². The standard InChI is InChI=1S/C22H26N2O4/c1-2-26-18-8-6-17(7-9-18)23-22(25)15-24-11-3-4-19(24)16-5-10-20-21(14-16)28-13-12-27-20/h5-10,14,19H,2-4,11-13,15H2,1H3,(H,23,25)/t19-/m1/s1. The van der Waals surface area contributed by atoms with Gasteiger partial charge in [-0.05, 0) is 68.3 Å². The van der Waals surface area contributed by atoms with Crippen molar-refractivity contribution in [2.75, 3.05) is 38.2 Å². The number of likely N-dealkylation sites (tertiary alicyclic amines) is 1. The van der Waals surface area contributed by atoms with Crippen LogP contribution in [0.25, 0.3) is 0 Å². The molecule has 2 aromatic rings. The van der Waals surface area contributed by atoms with Gasteiger partial charge in [-0.2, -0.15) is 0 Å². The van der Waals surface area contributed by atoms with Crippen LogP contribution in [0.5, 0.6) is 17.2 Å². The molecule has 2 aromatic carbocycles. The molecule has 2 aliphatic rings. The molecule has 4 rings (SSSR count). The smallest absolute Gasteiger partial charge is 0.238 e. The van der Waals surface area contributed by atoms with Crippen LogP contribution in [0.15, 0.2) is 42.5 Å². The number of hydrogen-bond acceptors (Lipinski definition) is 5. The van der Waals surface area contributed by atoms with E-state index in [4.69, 9.17) is 14.2 Å². The van der Waals surface area contributed by atoms with Gasteiger partial charge in [0.25, 0.3) is 0 Å². The molecule has 6 nitrogen and oxygen atoms in total. The van der Waals surface area contributed by atoms with E-state index in [9.17, 15) is 4.79 Å². The van der Waals surface area contributed by atoms with Crippen molar-refractivity contribution >= 4 is 11.6 Å². The minimum Gasteiger partial charge on any atom is -0.494 e. The molecule has 2 heterocycles. The molecule has 1 N–H and O–H groups in total. The third-order valence-corrected chi connectivity index (χ3v) is 5.11. The van der Waals surface area contributed by atoms with Gasteiger partial charge in [0.15, 0.2) is 11.5 Å². The summed E-state index contributed by atoms with van der Waals surface area (Å²) in [6.07, 6.45) is 2.12. The number of nitrogens with zero attached hydrogens (tertiary/aromatic N) is 1. The van der Waals surface area contributed by atoms with E-state index in [-0.39, 0.29) is 11.9 Å². The van der Waals surface area contributed by atoms with E-state index in [1.54, 1.807) is 0 Å². The molecule has 1 saturated heterocycles. The van der Waals surface area contributed by atoms with Gasteiger partial charge in [0.1, 0.15) is 19.0 Å². The number of benzene rings is 2. The van der Waals surface area contributed by atoms with Crippen molar-refractivity contribution < 1.29 is 19.0 Å². The van der Waals surface area contributed by atoms with E-state index in [1.807, 2.05) is 37.3 Å². The quantitative estimate of drug-likeness (QED) is 0.827. The van der Waals surface area contributed by atoms with Crippen LogP contribution >= 0.6 is 0 Å². The van der Waals surface area contributed by atoms with E-state index in [0.717, 1.165) is 42.3 Å². The number of fused-ring (bicyclic) bond motifs is 1. The number of amides is 1. The second-order valence-electron chi connectivity index (χ2n) is 7.04. The lowest BCUT2D eigenvalue weighted by Gasteiger charge is -2.26. The average Bonchev–Trinajstić information content (AvgIpc) is 3.17. The SMILES string of the molecule is CCOc1ccc(NC(=O)CN2CCC[C@@H]2c2ccc3c(c2)OCCO3)cc1.